The summed E-state index contributed by atoms with van der Waals surface area (Å²) >= 11 is 6.52. The van der Waals surface area contributed by atoms with E-state index in [-0.39, 0.29) is 22.1 Å². The minimum atomic E-state index is -0.457. The molecule has 4 aromatic carbocycles. The third-order valence-electron chi connectivity index (χ3n) is 6.02. The summed E-state index contributed by atoms with van der Waals surface area (Å²) < 4.78 is 13.8. The number of halogens is 2. The van der Waals surface area contributed by atoms with Gasteiger partial charge in [-0.25, -0.2) is 4.39 Å². The summed E-state index contributed by atoms with van der Waals surface area (Å²) in [6.07, 6.45) is 0. The van der Waals surface area contributed by atoms with Crippen LogP contribution in [0.5, 0.6) is 0 Å². The molecule has 0 spiro atoms. The van der Waals surface area contributed by atoms with Gasteiger partial charge in [-0.3, -0.25) is 9.59 Å². The monoisotopic (exact) mass is 485 g/mol. The van der Waals surface area contributed by atoms with Gasteiger partial charge in [-0.15, -0.1) is 0 Å². The Morgan fingerprint density at radius 1 is 0.914 bits per heavy atom. The van der Waals surface area contributed by atoms with E-state index in [4.69, 9.17) is 11.6 Å². The van der Waals surface area contributed by atoms with Crippen LogP contribution in [-0.2, 0) is 6.54 Å². The van der Waals surface area contributed by atoms with Gasteiger partial charge in [-0.2, -0.15) is 0 Å². The largest absolute Gasteiger partial charge is 0.354 e. The molecular weight excluding hydrogens is 465 g/mol. The van der Waals surface area contributed by atoms with Crippen LogP contribution in [0.25, 0.3) is 0 Å². The molecule has 35 heavy (non-hydrogen) atoms. The molecule has 5 nitrogen and oxygen atoms in total. The first-order chi connectivity index (χ1) is 16.9. The van der Waals surface area contributed by atoms with E-state index < -0.39 is 11.7 Å². The molecule has 2 N–H and O–H groups in total. The number of carbonyl (C=O) groups excluding carboxylic acids is 2. The number of fused-ring (bicyclic) bond motifs is 2. The summed E-state index contributed by atoms with van der Waals surface area (Å²) in [5.41, 5.74) is 4.67. The number of para-hydroxylation sites is 3. The number of hydrogen-bond donors (Lipinski definition) is 2. The summed E-state index contributed by atoms with van der Waals surface area (Å²) in [4.78, 5) is 28.0. The first-order valence-corrected chi connectivity index (χ1v) is 11.4. The molecule has 0 aromatic heterocycles. The summed E-state index contributed by atoms with van der Waals surface area (Å²) in [7, 11) is 0. The first kappa shape index (κ1) is 22.6. The van der Waals surface area contributed by atoms with Gasteiger partial charge in [0.2, 0.25) is 0 Å². The lowest BCUT2D eigenvalue weighted by Crippen LogP contribution is -2.30. The SMILES string of the molecule is Cc1c(F)cccc1C(=O)Nc1ccc(C(=O)N2Cc3ccccc3Nc3ccccc32)c(Cl)c1. The van der Waals surface area contributed by atoms with Crippen LogP contribution >= 0.6 is 11.6 Å². The van der Waals surface area contributed by atoms with Crippen LogP contribution in [0.15, 0.2) is 84.9 Å². The van der Waals surface area contributed by atoms with Crippen molar-refractivity contribution in [2.24, 2.45) is 0 Å². The van der Waals surface area contributed by atoms with Gasteiger partial charge >= 0.3 is 0 Å². The number of rotatable bonds is 3. The zero-order valence-electron chi connectivity index (χ0n) is 18.8. The molecule has 2 amide bonds. The number of carbonyl (C=O) groups is 2. The minimum absolute atomic E-state index is 0.201. The number of amides is 2. The van der Waals surface area contributed by atoms with Gasteiger partial charge in [-0.05, 0) is 66.6 Å². The smallest absolute Gasteiger partial charge is 0.260 e. The lowest BCUT2D eigenvalue weighted by Gasteiger charge is -2.23. The van der Waals surface area contributed by atoms with Gasteiger partial charge in [0.05, 0.1) is 28.5 Å². The first-order valence-electron chi connectivity index (χ1n) is 11.0. The molecule has 1 aliphatic rings. The van der Waals surface area contributed by atoms with E-state index in [0.29, 0.717) is 17.8 Å². The van der Waals surface area contributed by atoms with Crippen molar-refractivity contribution in [1.82, 2.24) is 0 Å². The molecule has 174 valence electrons. The molecule has 5 rings (SSSR count). The van der Waals surface area contributed by atoms with Crippen LogP contribution in [0.3, 0.4) is 0 Å². The van der Waals surface area contributed by atoms with E-state index in [1.807, 2.05) is 48.5 Å². The van der Waals surface area contributed by atoms with Crippen LogP contribution in [-0.4, -0.2) is 11.8 Å². The Bertz CT molecular complexity index is 1470. The Morgan fingerprint density at radius 2 is 1.66 bits per heavy atom. The van der Waals surface area contributed by atoms with Crippen molar-refractivity contribution in [1.29, 1.82) is 0 Å². The van der Waals surface area contributed by atoms with E-state index in [1.54, 1.807) is 30.0 Å². The van der Waals surface area contributed by atoms with Gasteiger partial charge in [0.15, 0.2) is 0 Å². The maximum Gasteiger partial charge on any atom is 0.260 e. The summed E-state index contributed by atoms with van der Waals surface area (Å²) in [5.74, 6) is -1.17. The van der Waals surface area contributed by atoms with Crippen molar-refractivity contribution in [2.45, 2.75) is 13.5 Å². The van der Waals surface area contributed by atoms with E-state index in [1.165, 1.54) is 18.2 Å². The van der Waals surface area contributed by atoms with Crippen molar-refractivity contribution >= 4 is 46.2 Å². The predicted molar refractivity (Wildman–Crippen MR) is 137 cm³/mol. The van der Waals surface area contributed by atoms with Gasteiger partial charge in [0, 0.05) is 16.9 Å². The van der Waals surface area contributed by atoms with Crippen LogP contribution in [0, 0.1) is 12.7 Å². The van der Waals surface area contributed by atoms with Crippen molar-refractivity contribution < 1.29 is 14.0 Å². The Balaban J connectivity index is 1.44. The summed E-state index contributed by atoms with van der Waals surface area (Å²) in [6, 6.07) is 24.5. The predicted octanol–water partition coefficient (Wildman–Crippen LogP) is 6.94. The second-order valence-electron chi connectivity index (χ2n) is 8.25. The van der Waals surface area contributed by atoms with Gasteiger partial charge in [0.25, 0.3) is 11.8 Å². The highest BCUT2D eigenvalue weighted by Crippen LogP contribution is 2.37. The number of anilines is 4. The third-order valence-corrected chi connectivity index (χ3v) is 6.34. The Labute approximate surface area is 207 Å². The zero-order valence-corrected chi connectivity index (χ0v) is 19.6. The van der Waals surface area contributed by atoms with Crippen molar-refractivity contribution in [3.8, 4) is 0 Å². The third kappa shape index (κ3) is 4.36. The fourth-order valence-corrected chi connectivity index (χ4v) is 4.40. The lowest BCUT2D eigenvalue weighted by molar-refractivity contribution is 0.0984. The molecule has 0 unspecified atom stereocenters. The van der Waals surface area contributed by atoms with E-state index in [2.05, 4.69) is 10.6 Å². The Hall–Kier alpha value is -4.16. The molecule has 0 aliphatic carbocycles. The fraction of sp³-hybridized carbons (Fsp3) is 0.0714. The topological polar surface area (TPSA) is 61.4 Å². The second kappa shape index (κ2) is 9.24. The molecule has 0 atom stereocenters. The molecule has 1 heterocycles. The van der Waals surface area contributed by atoms with Gasteiger partial charge < -0.3 is 15.5 Å². The Morgan fingerprint density at radius 3 is 2.46 bits per heavy atom. The molecular formula is C28H21ClFN3O2. The van der Waals surface area contributed by atoms with E-state index in [9.17, 15) is 14.0 Å². The van der Waals surface area contributed by atoms with Gasteiger partial charge in [0.1, 0.15) is 5.82 Å². The fourth-order valence-electron chi connectivity index (χ4n) is 4.14. The van der Waals surface area contributed by atoms with Gasteiger partial charge in [-0.1, -0.05) is 48.0 Å². The Kier molecular flexibility index (Phi) is 5.97. The quantitative estimate of drug-likeness (QED) is 0.330. The number of nitrogens with zero attached hydrogens (tertiary/aromatic N) is 1. The average molecular weight is 486 g/mol. The minimum Gasteiger partial charge on any atom is -0.354 e. The number of nitrogens with one attached hydrogen (secondary N) is 2. The standard InChI is InChI=1S/C28H21ClFN3O2/c1-17-20(8-6-9-23(17)30)27(34)31-19-13-14-21(22(29)15-19)28(35)33-16-18-7-2-3-10-24(18)32-25-11-4-5-12-26(25)33/h2-15,32H,16H2,1H3,(H,31,34). The van der Waals surface area contributed by atoms with Crippen molar-refractivity contribution in [3.63, 3.8) is 0 Å². The lowest BCUT2D eigenvalue weighted by atomic mass is 10.1. The maximum atomic E-state index is 13.8. The van der Waals surface area contributed by atoms with E-state index >= 15 is 0 Å². The molecule has 1 aliphatic heterocycles. The highest BCUT2D eigenvalue weighted by atomic mass is 35.5. The maximum absolute atomic E-state index is 13.8. The summed E-state index contributed by atoms with van der Waals surface area (Å²) in [6.45, 7) is 1.91. The van der Waals surface area contributed by atoms with Crippen molar-refractivity contribution in [2.75, 3.05) is 15.5 Å². The van der Waals surface area contributed by atoms with Crippen LogP contribution in [0.1, 0.15) is 31.8 Å². The molecule has 0 fully saturated rings. The number of hydrogen-bond acceptors (Lipinski definition) is 3. The average Bonchev–Trinajstić information content (AvgIpc) is 3.02. The molecule has 0 bridgehead atoms. The molecule has 0 saturated carbocycles. The second-order valence-corrected chi connectivity index (χ2v) is 8.66. The van der Waals surface area contributed by atoms with Crippen molar-refractivity contribution in [3.05, 3.63) is 118 Å². The van der Waals surface area contributed by atoms with Crippen LogP contribution in [0.4, 0.5) is 27.1 Å². The zero-order chi connectivity index (χ0) is 24.5. The highest BCUT2D eigenvalue weighted by molar-refractivity contribution is 6.35. The highest BCUT2D eigenvalue weighted by Gasteiger charge is 2.26. The molecule has 4 aromatic rings. The summed E-state index contributed by atoms with van der Waals surface area (Å²) in [5, 5.41) is 6.33. The van der Waals surface area contributed by atoms with E-state index in [0.717, 1.165) is 22.6 Å². The van der Waals surface area contributed by atoms with Crippen LogP contribution < -0.4 is 15.5 Å². The molecule has 7 heteroatoms. The molecule has 0 radical (unpaired) electrons. The normalized spacial score (nSPS) is 12.1. The number of benzene rings is 4. The molecule has 0 saturated heterocycles. The van der Waals surface area contributed by atoms with Crippen LogP contribution in [0.2, 0.25) is 5.02 Å².